The zero-order valence-electron chi connectivity index (χ0n) is 14.2. The topological polar surface area (TPSA) is 69.6 Å². The van der Waals surface area contributed by atoms with Gasteiger partial charge in [0.15, 0.2) is 0 Å². The monoisotopic (exact) mass is 338 g/mol. The van der Waals surface area contributed by atoms with Crippen molar-refractivity contribution in [2.45, 2.75) is 26.0 Å². The number of hydrogen-bond donors (Lipinski definition) is 2. The Labute approximate surface area is 147 Å². The maximum atomic E-state index is 12.6. The van der Waals surface area contributed by atoms with Crippen molar-refractivity contribution >= 4 is 17.5 Å². The number of nitrogens with one attached hydrogen (secondary N) is 1. The van der Waals surface area contributed by atoms with Gasteiger partial charge in [-0.3, -0.25) is 9.59 Å². The van der Waals surface area contributed by atoms with Gasteiger partial charge in [-0.1, -0.05) is 48.5 Å². The fourth-order valence-electron chi connectivity index (χ4n) is 3.11. The summed E-state index contributed by atoms with van der Waals surface area (Å²) in [6, 6.07) is 16.9. The molecule has 1 aliphatic rings. The van der Waals surface area contributed by atoms with Crippen LogP contribution in [0.3, 0.4) is 0 Å². The number of aliphatic hydroxyl groups is 1. The van der Waals surface area contributed by atoms with E-state index in [0.29, 0.717) is 24.3 Å². The third kappa shape index (κ3) is 4.06. The van der Waals surface area contributed by atoms with Crippen LogP contribution in [0.25, 0.3) is 0 Å². The van der Waals surface area contributed by atoms with Crippen LogP contribution in [0.5, 0.6) is 0 Å². The molecule has 3 rings (SSSR count). The van der Waals surface area contributed by atoms with Crippen LogP contribution < -0.4 is 5.32 Å². The van der Waals surface area contributed by atoms with Gasteiger partial charge in [-0.2, -0.15) is 0 Å². The summed E-state index contributed by atoms with van der Waals surface area (Å²) >= 11 is 0. The zero-order valence-corrected chi connectivity index (χ0v) is 14.2. The summed E-state index contributed by atoms with van der Waals surface area (Å²) in [4.78, 5) is 26.5. The quantitative estimate of drug-likeness (QED) is 0.881. The lowest BCUT2D eigenvalue weighted by Gasteiger charge is -2.17. The molecular weight excluding hydrogens is 316 g/mol. The number of carbonyl (C=O) groups is 2. The van der Waals surface area contributed by atoms with E-state index in [0.717, 1.165) is 5.56 Å². The molecule has 5 nitrogen and oxygen atoms in total. The van der Waals surface area contributed by atoms with Crippen LogP contribution in [-0.4, -0.2) is 28.4 Å². The number of rotatable bonds is 5. The molecule has 2 unspecified atom stereocenters. The van der Waals surface area contributed by atoms with Crippen molar-refractivity contribution in [1.82, 2.24) is 4.90 Å². The molecule has 0 spiro atoms. The van der Waals surface area contributed by atoms with Gasteiger partial charge < -0.3 is 15.3 Å². The van der Waals surface area contributed by atoms with Gasteiger partial charge in [0, 0.05) is 30.8 Å². The van der Waals surface area contributed by atoms with Crippen LogP contribution in [0.2, 0.25) is 0 Å². The Bertz CT molecular complexity index is 759. The highest BCUT2D eigenvalue weighted by atomic mass is 16.3. The van der Waals surface area contributed by atoms with Crippen molar-refractivity contribution in [1.29, 1.82) is 0 Å². The fourth-order valence-corrected chi connectivity index (χ4v) is 3.11. The van der Waals surface area contributed by atoms with Gasteiger partial charge in [0.25, 0.3) is 0 Å². The summed E-state index contributed by atoms with van der Waals surface area (Å²) in [6.45, 7) is 2.59. The fraction of sp³-hybridized carbons (Fsp3) is 0.300. The Hall–Kier alpha value is -2.66. The van der Waals surface area contributed by atoms with Gasteiger partial charge in [-0.15, -0.1) is 0 Å². The molecule has 0 radical (unpaired) electrons. The van der Waals surface area contributed by atoms with Crippen LogP contribution in [0, 0.1) is 5.92 Å². The number of nitrogens with zero attached hydrogens (tertiary/aromatic N) is 1. The lowest BCUT2D eigenvalue weighted by Crippen LogP contribution is -2.28. The van der Waals surface area contributed by atoms with Crippen molar-refractivity contribution in [3.63, 3.8) is 0 Å². The van der Waals surface area contributed by atoms with Crippen molar-refractivity contribution in [3.05, 3.63) is 65.7 Å². The Balaban J connectivity index is 1.65. The Morgan fingerprint density at radius 2 is 1.88 bits per heavy atom. The summed E-state index contributed by atoms with van der Waals surface area (Å²) in [5, 5.41) is 12.7. The summed E-state index contributed by atoms with van der Waals surface area (Å²) < 4.78 is 0. The molecule has 0 aromatic heterocycles. The number of aliphatic hydroxyl groups excluding tert-OH is 1. The van der Waals surface area contributed by atoms with E-state index in [1.807, 2.05) is 42.5 Å². The van der Waals surface area contributed by atoms with Crippen molar-refractivity contribution in [3.8, 4) is 0 Å². The van der Waals surface area contributed by atoms with Crippen LogP contribution >= 0.6 is 0 Å². The molecule has 5 heteroatoms. The van der Waals surface area contributed by atoms with E-state index < -0.39 is 6.10 Å². The normalized spacial score (nSPS) is 18.2. The third-order valence-corrected chi connectivity index (χ3v) is 4.47. The first kappa shape index (κ1) is 17.2. The summed E-state index contributed by atoms with van der Waals surface area (Å²) in [5.74, 6) is -0.567. The summed E-state index contributed by atoms with van der Waals surface area (Å²) in [5.41, 5.74) is 2.31. The number of benzene rings is 2. The summed E-state index contributed by atoms with van der Waals surface area (Å²) in [7, 11) is 0. The minimum absolute atomic E-state index is 0.00665. The summed E-state index contributed by atoms with van der Waals surface area (Å²) in [6.07, 6.45) is -0.452. The third-order valence-electron chi connectivity index (χ3n) is 4.47. The first-order valence-corrected chi connectivity index (χ1v) is 8.44. The lowest BCUT2D eigenvalue weighted by atomic mass is 10.1. The van der Waals surface area contributed by atoms with Gasteiger partial charge in [-0.05, 0) is 18.6 Å². The van der Waals surface area contributed by atoms with Gasteiger partial charge in [-0.25, -0.2) is 0 Å². The number of hydrogen-bond acceptors (Lipinski definition) is 3. The number of amides is 2. The molecule has 25 heavy (non-hydrogen) atoms. The molecule has 0 aliphatic carbocycles. The number of para-hydroxylation sites is 1. The van der Waals surface area contributed by atoms with Gasteiger partial charge in [0.2, 0.25) is 11.8 Å². The maximum absolute atomic E-state index is 12.6. The van der Waals surface area contributed by atoms with Crippen LogP contribution in [-0.2, 0) is 16.1 Å². The highest BCUT2D eigenvalue weighted by molar-refractivity contribution is 5.97. The zero-order chi connectivity index (χ0) is 17.8. The lowest BCUT2D eigenvalue weighted by molar-refractivity contribution is -0.128. The van der Waals surface area contributed by atoms with Crippen LogP contribution in [0.15, 0.2) is 54.6 Å². The molecule has 130 valence electrons. The van der Waals surface area contributed by atoms with E-state index in [4.69, 9.17) is 0 Å². The Kier molecular flexibility index (Phi) is 5.14. The Morgan fingerprint density at radius 1 is 1.20 bits per heavy atom. The molecule has 1 aliphatic heterocycles. The molecular formula is C20H22N2O3. The molecule has 1 saturated heterocycles. The smallest absolute Gasteiger partial charge is 0.229 e. The molecule has 2 aromatic rings. The van der Waals surface area contributed by atoms with E-state index in [1.165, 1.54) is 0 Å². The van der Waals surface area contributed by atoms with Gasteiger partial charge >= 0.3 is 0 Å². The highest BCUT2D eigenvalue weighted by Gasteiger charge is 2.34. The standard InChI is InChI=1S/C20H22N2O3/c1-14(23)17-9-5-6-10-18(17)21-20(25)16-11-19(24)22(13-16)12-15-7-3-2-4-8-15/h2-10,14,16,23H,11-13H2,1H3,(H,21,25). The van der Waals surface area contributed by atoms with Gasteiger partial charge in [0.05, 0.1) is 12.0 Å². The minimum Gasteiger partial charge on any atom is -0.389 e. The predicted octanol–water partition coefficient (Wildman–Crippen LogP) is 2.73. The van der Waals surface area contributed by atoms with E-state index in [1.54, 1.807) is 24.0 Å². The molecule has 2 aromatic carbocycles. The second-order valence-electron chi connectivity index (χ2n) is 6.41. The molecule has 2 N–H and O–H groups in total. The first-order valence-electron chi connectivity index (χ1n) is 8.44. The molecule has 2 amide bonds. The second kappa shape index (κ2) is 7.49. The maximum Gasteiger partial charge on any atom is 0.229 e. The predicted molar refractivity (Wildman–Crippen MR) is 95.7 cm³/mol. The number of anilines is 1. The van der Waals surface area contributed by atoms with Crippen molar-refractivity contribution < 1.29 is 14.7 Å². The minimum atomic E-state index is -0.670. The highest BCUT2D eigenvalue weighted by Crippen LogP contribution is 2.25. The van der Waals surface area contributed by atoms with Crippen molar-refractivity contribution in [2.24, 2.45) is 5.92 Å². The average molecular weight is 338 g/mol. The van der Waals surface area contributed by atoms with Gasteiger partial charge in [0.1, 0.15) is 0 Å². The molecule has 1 heterocycles. The molecule has 2 atom stereocenters. The first-order chi connectivity index (χ1) is 12.0. The van der Waals surface area contributed by atoms with E-state index in [2.05, 4.69) is 5.32 Å². The molecule has 0 saturated carbocycles. The molecule has 1 fully saturated rings. The van der Waals surface area contributed by atoms with E-state index in [-0.39, 0.29) is 24.2 Å². The molecule has 0 bridgehead atoms. The van der Waals surface area contributed by atoms with E-state index >= 15 is 0 Å². The average Bonchev–Trinajstić information content (AvgIpc) is 2.97. The van der Waals surface area contributed by atoms with Crippen molar-refractivity contribution in [2.75, 3.05) is 11.9 Å². The van der Waals surface area contributed by atoms with E-state index in [9.17, 15) is 14.7 Å². The SMILES string of the molecule is CC(O)c1ccccc1NC(=O)C1CC(=O)N(Cc2ccccc2)C1. The second-order valence-corrected chi connectivity index (χ2v) is 6.41. The Morgan fingerprint density at radius 3 is 2.60 bits per heavy atom. The van der Waals surface area contributed by atoms with Crippen LogP contribution in [0.4, 0.5) is 5.69 Å². The number of likely N-dealkylation sites (tertiary alicyclic amines) is 1. The number of carbonyl (C=O) groups excluding carboxylic acids is 2. The largest absolute Gasteiger partial charge is 0.389 e. The van der Waals surface area contributed by atoms with Crippen LogP contribution in [0.1, 0.15) is 30.6 Å².